The van der Waals surface area contributed by atoms with Gasteiger partial charge in [-0.05, 0) is 43.7 Å². The lowest BCUT2D eigenvalue weighted by Gasteiger charge is -2.11. The topological polar surface area (TPSA) is 95.1 Å². The summed E-state index contributed by atoms with van der Waals surface area (Å²) in [5, 5.41) is 10.5. The van der Waals surface area contributed by atoms with E-state index >= 15 is 0 Å². The molecule has 3 aromatic rings. The number of halogens is 4. The van der Waals surface area contributed by atoms with Crippen LogP contribution in [-0.4, -0.2) is 26.5 Å². The van der Waals surface area contributed by atoms with Gasteiger partial charge in [0.25, 0.3) is 0 Å². The number of benzene rings is 2. The molecule has 0 unspecified atom stereocenters. The first-order valence-electron chi connectivity index (χ1n) is 9.23. The minimum atomic E-state index is -4.55. The zero-order chi connectivity index (χ0) is 23.5. The van der Waals surface area contributed by atoms with Gasteiger partial charge in [-0.2, -0.15) is 13.2 Å². The fourth-order valence-electron chi connectivity index (χ4n) is 2.72. The molecule has 1 heterocycles. The number of nitrogen functional groups attached to an aromatic ring is 1. The SMILES string of the molecule is Cc1ccc(OCc2nnc(SCC(=O)Nc3cc(C(F)(F)F)ccc3Cl)n2N)c(C)c1. The molecule has 0 fully saturated rings. The average Bonchev–Trinajstić information content (AvgIpc) is 3.06. The smallest absolute Gasteiger partial charge is 0.416 e. The number of aryl methyl sites for hydroxylation is 2. The van der Waals surface area contributed by atoms with Crippen molar-refractivity contribution in [1.29, 1.82) is 0 Å². The Hall–Kier alpha value is -2.92. The van der Waals surface area contributed by atoms with E-state index in [0.717, 1.165) is 41.1 Å². The second-order valence-corrected chi connectivity index (χ2v) is 8.21. The molecule has 0 aliphatic carbocycles. The molecule has 12 heteroatoms. The van der Waals surface area contributed by atoms with Crippen molar-refractivity contribution in [3.05, 3.63) is 63.9 Å². The third kappa shape index (κ3) is 5.86. The van der Waals surface area contributed by atoms with E-state index in [0.29, 0.717) is 11.6 Å². The molecular formula is C20H19ClF3N5O2S. The van der Waals surface area contributed by atoms with Gasteiger partial charge in [0.1, 0.15) is 12.4 Å². The first-order valence-corrected chi connectivity index (χ1v) is 10.6. The quantitative estimate of drug-likeness (QED) is 0.375. The number of aromatic nitrogens is 3. The lowest BCUT2D eigenvalue weighted by Crippen LogP contribution is -2.18. The number of carbonyl (C=O) groups excluding carboxylic acids is 1. The van der Waals surface area contributed by atoms with Crippen LogP contribution in [0.5, 0.6) is 5.75 Å². The van der Waals surface area contributed by atoms with Crippen molar-refractivity contribution < 1.29 is 22.7 Å². The maximum absolute atomic E-state index is 12.9. The second kappa shape index (κ2) is 9.70. The van der Waals surface area contributed by atoms with Crippen molar-refractivity contribution in [3.63, 3.8) is 0 Å². The van der Waals surface area contributed by atoms with Gasteiger partial charge in [-0.3, -0.25) is 4.79 Å². The molecule has 2 aromatic carbocycles. The molecule has 0 aliphatic heterocycles. The third-order valence-electron chi connectivity index (χ3n) is 4.32. The second-order valence-electron chi connectivity index (χ2n) is 6.86. The summed E-state index contributed by atoms with van der Waals surface area (Å²) in [6, 6.07) is 8.45. The summed E-state index contributed by atoms with van der Waals surface area (Å²) < 4.78 is 45.5. The van der Waals surface area contributed by atoms with Crippen LogP contribution in [0.15, 0.2) is 41.6 Å². The van der Waals surface area contributed by atoms with Gasteiger partial charge in [0.2, 0.25) is 11.1 Å². The lowest BCUT2D eigenvalue weighted by molar-refractivity contribution is -0.137. The number of rotatable bonds is 7. The Morgan fingerprint density at radius 1 is 1.22 bits per heavy atom. The number of amides is 1. The van der Waals surface area contributed by atoms with Crippen molar-refractivity contribution in [1.82, 2.24) is 14.9 Å². The van der Waals surface area contributed by atoms with Gasteiger partial charge in [-0.15, -0.1) is 10.2 Å². The molecule has 32 heavy (non-hydrogen) atoms. The predicted molar refractivity (Wildman–Crippen MR) is 116 cm³/mol. The first kappa shape index (κ1) is 23.7. The Morgan fingerprint density at radius 2 is 1.97 bits per heavy atom. The largest absolute Gasteiger partial charge is 0.485 e. The highest BCUT2D eigenvalue weighted by molar-refractivity contribution is 7.99. The Bertz CT molecular complexity index is 1140. The number of alkyl halides is 3. The number of thioether (sulfide) groups is 1. The maximum Gasteiger partial charge on any atom is 0.416 e. The molecule has 170 valence electrons. The average molecular weight is 486 g/mol. The van der Waals surface area contributed by atoms with E-state index in [4.69, 9.17) is 22.2 Å². The molecule has 0 saturated heterocycles. The van der Waals surface area contributed by atoms with Crippen molar-refractivity contribution in [2.45, 2.75) is 31.8 Å². The van der Waals surface area contributed by atoms with Gasteiger partial charge in [0.05, 0.1) is 22.0 Å². The third-order valence-corrected chi connectivity index (χ3v) is 5.60. The molecule has 7 nitrogen and oxygen atoms in total. The molecule has 0 aliphatic rings. The standard InChI is InChI=1S/C20H19ClF3N5O2S/c1-11-3-6-16(12(2)7-11)31-9-17-27-28-19(29(17)25)32-10-18(30)26-15-8-13(20(22,23)24)4-5-14(15)21/h3-8H,9-10,25H2,1-2H3,(H,26,30). The predicted octanol–water partition coefficient (Wildman–Crippen LogP) is 4.59. The van der Waals surface area contributed by atoms with Crippen LogP contribution in [0.3, 0.4) is 0 Å². The van der Waals surface area contributed by atoms with E-state index < -0.39 is 17.6 Å². The minimum absolute atomic E-state index is 0.0100. The van der Waals surface area contributed by atoms with Crippen molar-refractivity contribution >= 4 is 35.0 Å². The Balaban J connectivity index is 1.58. The highest BCUT2D eigenvalue weighted by Gasteiger charge is 2.31. The number of ether oxygens (including phenoxy) is 1. The molecule has 1 aromatic heterocycles. The van der Waals surface area contributed by atoms with E-state index in [9.17, 15) is 18.0 Å². The minimum Gasteiger partial charge on any atom is -0.485 e. The van der Waals surface area contributed by atoms with Gasteiger partial charge < -0.3 is 15.9 Å². The summed E-state index contributed by atoms with van der Waals surface area (Å²) in [6.07, 6.45) is -4.55. The van der Waals surface area contributed by atoms with E-state index in [1.54, 1.807) is 0 Å². The molecule has 3 N–H and O–H groups in total. The zero-order valence-corrected chi connectivity index (χ0v) is 18.6. The van der Waals surface area contributed by atoms with Gasteiger partial charge in [-0.1, -0.05) is 41.1 Å². The van der Waals surface area contributed by atoms with Crippen LogP contribution in [0, 0.1) is 13.8 Å². The fourth-order valence-corrected chi connectivity index (χ4v) is 3.56. The summed E-state index contributed by atoms with van der Waals surface area (Å²) in [5.74, 6) is 6.26. The van der Waals surface area contributed by atoms with E-state index in [2.05, 4.69) is 15.5 Å². The number of hydrogen-bond acceptors (Lipinski definition) is 6. The number of anilines is 1. The van der Waals surface area contributed by atoms with Gasteiger partial charge in [0, 0.05) is 0 Å². The summed E-state index contributed by atoms with van der Waals surface area (Å²) in [7, 11) is 0. The molecule has 0 saturated carbocycles. The summed E-state index contributed by atoms with van der Waals surface area (Å²) >= 11 is 6.86. The Morgan fingerprint density at radius 3 is 2.66 bits per heavy atom. The molecule has 0 atom stereocenters. The Labute approximate surface area is 191 Å². The molecule has 1 amide bonds. The number of nitrogens with two attached hydrogens (primary N) is 1. The summed E-state index contributed by atoms with van der Waals surface area (Å²) in [4.78, 5) is 12.2. The van der Waals surface area contributed by atoms with E-state index in [-0.39, 0.29) is 28.2 Å². The zero-order valence-electron chi connectivity index (χ0n) is 17.0. The molecule has 3 rings (SSSR count). The Kier molecular flexibility index (Phi) is 7.19. The highest BCUT2D eigenvalue weighted by Crippen LogP contribution is 2.34. The number of carbonyl (C=O) groups is 1. The van der Waals surface area contributed by atoms with Crippen molar-refractivity contribution in [2.24, 2.45) is 0 Å². The van der Waals surface area contributed by atoms with Crippen LogP contribution in [0.2, 0.25) is 5.02 Å². The van der Waals surface area contributed by atoms with E-state index in [1.165, 1.54) is 4.68 Å². The molecular weight excluding hydrogens is 467 g/mol. The molecule has 0 radical (unpaired) electrons. The molecule has 0 spiro atoms. The van der Waals surface area contributed by atoms with Crippen LogP contribution < -0.4 is 15.9 Å². The first-order chi connectivity index (χ1) is 15.0. The van der Waals surface area contributed by atoms with Gasteiger partial charge in [-0.25, -0.2) is 4.68 Å². The van der Waals surface area contributed by atoms with Crippen LogP contribution in [0.4, 0.5) is 18.9 Å². The number of hydrogen-bond donors (Lipinski definition) is 2. The normalized spacial score (nSPS) is 11.4. The van der Waals surface area contributed by atoms with Crippen LogP contribution in [-0.2, 0) is 17.6 Å². The maximum atomic E-state index is 12.9. The van der Waals surface area contributed by atoms with E-state index in [1.807, 2.05) is 32.0 Å². The van der Waals surface area contributed by atoms with Crippen LogP contribution in [0.1, 0.15) is 22.5 Å². The van der Waals surface area contributed by atoms with Gasteiger partial charge >= 0.3 is 6.18 Å². The molecule has 0 bridgehead atoms. The van der Waals surface area contributed by atoms with Crippen LogP contribution in [0.25, 0.3) is 0 Å². The monoisotopic (exact) mass is 485 g/mol. The lowest BCUT2D eigenvalue weighted by atomic mass is 10.1. The van der Waals surface area contributed by atoms with Crippen molar-refractivity contribution in [3.8, 4) is 5.75 Å². The number of nitrogens with zero attached hydrogens (tertiary/aromatic N) is 3. The number of nitrogens with one attached hydrogen (secondary N) is 1. The van der Waals surface area contributed by atoms with Crippen molar-refractivity contribution in [2.75, 3.05) is 16.9 Å². The fraction of sp³-hybridized carbons (Fsp3) is 0.250. The highest BCUT2D eigenvalue weighted by atomic mass is 35.5. The van der Waals surface area contributed by atoms with Gasteiger partial charge in [0.15, 0.2) is 5.82 Å². The van der Waals surface area contributed by atoms with Crippen LogP contribution >= 0.6 is 23.4 Å². The summed E-state index contributed by atoms with van der Waals surface area (Å²) in [6.45, 7) is 3.97. The summed E-state index contributed by atoms with van der Waals surface area (Å²) in [5.41, 5.74) is 1.02.